The van der Waals surface area contributed by atoms with Crippen LogP contribution in [-0.4, -0.2) is 55.5 Å². The number of nitrogens with zero attached hydrogens (tertiary/aromatic N) is 1. The molecule has 0 spiro atoms. The van der Waals surface area contributed by atoms with E-state index >= 15 is 0 Å². The van der Waals surface area contributed by atoms with Gasteiger partial charge in [0.2, 0.25) is 0 Å². The van der Waals surface area contributed by atoms with Gasteiger partial charge in [-0.25, -0.2) is 13.2 Å². The van der Waals surface area contributed by atoms with Gasteiger partial charge in [-0.15, -0.1) is 0 Å². The van der Waals surface area contributed by atoms with E-state index in [9.17, 15) is 26.3 Å². The zero-order chi connectivity index (χ0) is 17.9. The predicted octanol–water partition coefficient (Wildman–Crippen LogP) is 4.44. The second-order valence-electron chi connectivity index (χ2n) is 6.85. The Bertz CT molecular complexity index is 393. The Labute approximate surface area is 138 Å². The lowest BCUT2D eigenvalue weighted by Crippen LogP contribution is -2.54. The van der Waals surface area contributed by atoms with Crippen molar-refractivity contribution in [2.45, 2.75) is 69.7 Å². The molecule has 2 nitrogen and oxygen atoms in total. The topological polar surface area (TPSA) is 12.5 Å². The Balaban J connectivity index is 2.03. The summed E-state index contributed by atoms with van der Waals surface area (Å²) >= 11 is 0. The number of halogens is 6. The molecule has 1 aliphatic carbocycles. The number of alkyl halides is 6. The Morgan fingerprint density at radius 1 is 1.21 bits per heavy atom. The van der Waals surface area contributed by atoms with Crippen molar-refractivity contribution < 1.29 is 31.1 Å². The highest BCUT2D eigenvalue weighted by molar-refractivity contribution is 4.90. The van der Waals surface area contributed by atoms with Gasteiger partial charge in [0.05, 0.1) is 18.8 Å². The molecular formula is C16H25F6NO. The van der Waals surface area contributed by atoms with Crippen LogP contribution in [0.15, 0.2) is 0 Å². The summed E-state index contributed by atoms with van der Waals surface area (Å²) in [6, 6.07) is -0.360. The number of rotatable bonds is 5. The maximum atomic E-state index is 14.2. The fourth-order valence-corrected chi connectivity index (χ4v) is 3.88. The van der Waals surface area contributed by atoms with Gasteiger partial charge >= 0.3 is 6.18 Å². The molecule has 0 amide bonds. The Hall–Kier alpha value is -0.500. The third-order valence-electron chi connectivity index (χ3n) is 5.31. The van der Waals surface area contributed by atoms with Crippen molar-refractivity contribution in [3.05, 3.63) is 0 Å². The van der Waals surface area contributed by atoms with Gasteiger partial charge in [-0.3, -0.25) is 4.90 Å². The average Bonchev–Trinajstić information content (AvgIpc) is 2.59. The van der Waals surface area contributed by atoms with Gasteiger partial charge in [0.15, 0.2) is 6.17 Å². The Kier molecular flexibility index (Phi) is 6.82. The molecule has 0 bridgehead atoms. The van der Waals surface area contributed by atoms with E-state index in [1.807, 2.05) is 0 Å². The van der Waals surface area contributed by atoms with Gasteiger partial charge in [0.25, 0.3) is 0 Å². The number of hydrogen-bond donors (Lipinski definition) is 0. The third-order valence-corrected chi connectivity index (χ3v) is 5.31. The van der Waals surface area contributed by atoms with E-state index in [1.165, 1.54) is 0 Å². The molecular weight excluding hydrogens is 336 g/mol. The summed E-state index contributed by atoms with van der Waals surface area (Å²) in [7, 11) is 0. The first-order chi connectivity index (χ1) is 11.3. The minimum absolute atomic E-state index is 0.0461. The van der Waals surface area contributed by atoms with Crippen molar-refractivity contribution >= 4 is 0 Å². The van der Waals surface area contributed by atoms with E-state index in [0.717, 1.165) is 0 Å². The van der Waals surface area contributed by atoms with Gasteiger partial charge < -0.3 is 4.74 Å². The minimum atomic E-state index is -4.23. The van der Waals surface area contributed by atoms with E-state index in [0.29, 0.717) is 19.3 Å². The molecule has 1 saturated heterocycles. The summed E-state index contributed by atoms with van der Waals surface area (Å²) in [5, 5.41) is 0. The number of ether oxygens (including phenoxy) is 1. The highest BCUT2D eigenvalue weighted by Gasteiger charge is 2.46. The van der Waals surface area contributed by atoms with Crippen molar-refractivity contribution in [2.24, 2.45) is 11.8 Å². The Morgan fingerprint density at radius 2 is 1.92 bits per heavy atom. The molecule has 24 heavy (non-hydrogen) atoms. The summed E-state index contributed by atoms with van der Waals surface area (Å²) < 4.78 is 84.5. The zero-order valence-corrected chi connectivity index (χ0v) is 13.7. The largest absolute Gasteiger partial charge is 0.391 e. The minimum Gasteiger partial charge on any atom is -0.362 e. The summed E-state index contributed by atoms with van der Waals surface area (Å²) in [4.78, 5) is 1.67. The van der Waals surface area contributed by atoms with Crippen LogP contribution < -0.4 is 0 Å². The second-order valence-corrected chi connectivity index (χ2v) is 6.85. The summed E-state index contributed by atoms with van der Waals surface area (Å²) in [5.74, 6) is -2.22. The fraction of sp³-hybridized carbons (Fsp3) is 1.00. The predicted molar refractivity (Wildman–Crippen MR) is 77.8 cm³/mol. The lowest BCUT2D eigenvalue weighted by atomic mass is 9.83. The van der Waals surface area contributed by atoms with Crippen LogP contribution in [0.2, 0.25) is 0 Å². The molecule has 0 radical (unpaired) electrons. The van der Waals surface area contributed by atoms with E-state index in [-0.39, 0.29) is 32.2 Å². The molecule has 1 saturated carbocycles. The SMILES string of the molecule is CCC1OCN(C2CCCC(C(F)(F)F)C2)CC1C(F)C(F)CF. The average molecular weight is 361 g/mol. The van der Waals surface area contributed by atoms with Crippen LogP contribution in [0, 0.1) is 11.8 Å². The van der Waals surface area contributed by atoms with Gasteiger partial charge in [0.1, 0.15) is 12.8 Å². The van der Waals surface area contributed by atoms with Gasteiger partial charge in [-0.2, -0.15) is 13.2 Å². The molecule has 1 heterocycles. The molecule has 2 aliphatic rings. The molecule has 142 valence electrons. The molecule has 0 aromatic heterocycles. The summed E-state index contributed by atoms with van der Waals surface area (Å²) in [5.41, 5.74) is 0. The highest BCUT2D eigenvalue weighted by Crippen LogP contribution is 2.40. The molecule has 2 rings (SSSR count). The van der Waals surface area contributed by atoms with Gasteiger partial charge in [0, 0.05) is 18.5 Å². The van der Waals surface area contributed by atoms with Crippen molar-refractivity contribution in [3.63, 3.8) is 0 Å². The second kappa shape index (κ2) is 8.25. The smallest absolute Gasteiger partial charge is 0.362 e. The summed E-state index contributed by atoms with van der Waals surface area (Å²) in [6.45, 7) is 0.579. The van der Waals surface area contributed by atoms with E-state index < -0.39 is 43.1 Å². The van der Waals surface area contributed by atoms with Crippen LogP contribution >= 0.6 is 0 Å². The molecule has 1 aliphatic heterocycles. The standard InChI is InChI=1S/C16H25F6NO/c1-2-14-12(15(19)13(18)7-17)8-23(9-24-14)11-5-3-4-10(6-11)16(20,21)22/h10-15H,2-9H2,1H3. The molecule has 0 aromatic carbocycles. The van der Waals surface area contributed by atoms with E-state index in [1.54, 1.807) is 11.8 Å². The highest BCUT2D eigenvalue weighted by atomic mass is 19.4. The third kappa shape index (κ3) is 4.56. The first kappa shape index (κ1) is 19.8. The zero-order valence-electron chi connectivity index (χ0n) is 13.7. The lowest BCUT2D eigenvalue weighted by Gasteiger charge is -2.45. The Morgan fingerprint density at radius 3 is 2.50 bits per heavy atom. The van der Waals surface area contributed by atoms with Crippen molar-refractivity contribution in [1.82, 2.24) is 4.90 Å². The first-order valence-corrected chi connectivity index (χ1v) is 8.54. The van der Waals surface area contributed by atoms with Crippen molar-refractivity contribution in [3.8, 4) is 0 Å². The van der Waals surface area contributed by atoms with Crippen molar-refractivity contribution in [1.29, 1.82) is 0 Å². The van der Waals surface area contributed by atoms with E-state index in [4.69, 9.17) is 4.74 Å². The van der Waals surface area contributed by atoms with Crippen LogP contribution in [-0.2, 0) is 4.74 Å². The molecule has 8 heteroatoms. The first-order valence-electron chi connectivity index (χ1n) is 8.54. The fourth-order valence-electron chi connectivity index (χ4n) is 3.88. The molecule has 0 aromatic rings. The normalized spacial score (nSPS) is 35.6. The molecule has 6 unspecified atom stereocenters. The monoisotopic (exact) mass is 361 g/mol. The van der Waals surface area contributed by atoms with Crippen LogP contribution in [0.5, 0.6) is 0 Å². The van der Waals surface area contributed by atoms with Gasteiger partial charge in [-0.05, 0) is 25.7 Å². The van der Waals surface area contributed by atoms with Crippen molar-refractivity contribution in [2.75, 3.05) is 20.0 Å². The van der Waals surface area contributed by atoms with Crippen LogP contribution in [0.1, 0.15) is 39.0 Å². The summed E-state index contributed by atoms with van der Waals surface area (Å²) in [6.07, 6.45) is -7.46. The quantitative estimate of drug-likeness (QED) is 0.672. The van der Waals surface area contributed by atoms with Crippen LogP contribution in [0.4, 0.5) is 26.3 Å². The maximum Gasteiger partial charge on any atom is 0.391 e. The molecule has 0 N–H and O–H groups in total. The van der Waals surface area contributed by atoms with Gasteiger partial charge in [-0.1, -0.05) is 13.3 Å². The van der Waals surface area contributed by atoms with Crippen LogP contribution in [0.3, 0.4) is 0 Å². The molecule has 6 atom stereocenters. The maximum absolute atomic E-state index is 14.2. The van der Waals surface area contributed by atoms with E-state index in [2.05, 4.69) is 0 Å². The van der Waals surface area contributed by atoms with Crippen LogP contribution in [0.25, 0.3) is 0 Å². The molecule has 2 fully saturated rings. The lowest BCUT2D eigenvalue weighted by molar-refractivity contribution is -0.196. The number of hydrogen-bond acceptors (Lipinski definition) is 2.